The lowest BCUT2D eigenvalue weighted by Gasteiger charge is -2.17. The van der Waals surface area contributed by atoms with E-state index in [0.29, 0.717) is 11.1 Å². The number of fused-ring (bicyclic) bond motifs is 5. The molecule has 0 saturated carbocycles. The number of aromatic nitrogens is 1. The highest BCUT2D eigenvalue weighted by atomic mass is 19.1. The standard InChI is InChI=1S/C27H24FNO2/c1-2-3-4-16-5-7-17(8-6-16)20-13-14-23-22-12-9-18-15-19(27(30)31)10-11-21(18)25(22)29-26(23)24(20)28/h5-8,10-11,13-15,29H,2-4,9,12H2,1H3,(H,30,31). The number of hydrogen-bond donors (Lipinski definition) is 2. The molecule has 1 aliphatic carbocycles. The van der Waals surface area contributed by atoms with Crippen LogP contribution in [0.3, 0.4) is 0 Å². The van der Waals surface area contributed by atoms with Crippen LogP contribution >= 0.6 is 0 Å². The summed E-state index contributed by atoms with van der Waals surface area (Å²) in [6.07, 6.45) is 4.87. The largest absolute Gasteiger partial charge is 0.478 e. The van der Waals surface area contributed by atoms with Crippen molar-refractivity contribution in [2.24, 2.45) is 0 Å². The third-order valence-electron chi connectivity index (χ3n) is 6.37. The van der Waals surface area contributed by atoms with Gasteiger partial charge in [-0.25, -0.2) is 9.18 Å². The summed E-state index contributed by atoms with van der Waals surface area (Å²) in [5.41, 5.74) is 7.51. The molecule has 3 nitrogen and oxygen atoms in total. The van der Waals surface area contributed by atoms with Crippen LogP contribution in [-0.4, -0.2) is 16.1 Å². The van der Waals surface area contributed by atoms with Crippen LogP contribution in [0.5, 0.6) is 0 Å². The van der Waals surface area contributed by atoms with Gasteiger partial charge >= 0.3 is 5.97 Å². The molecule has 1 aliphatic rings. The average Bonchev–Trinajstić information content (AvgIpc) is 3.18. The molecule has 4 heteroatoms. The maximum atomic E-state index is 15.6. The molecule has 1 heterocycles. The van der Waals surface area contributed by atoms with Crippen molar-refractivity contribution in [2.75, 3.05) is 0 Å². The number of nitrogens with one attached hydrogen (secondary N) is 1. The molecule has 0 aliphatic heterocycles. The van der Waals surface area contributed by atoms with E-state index in [2.05, 4.69) is 24.0 Å². The molecule has 0 unspecified atom stereocenters. The van der Waals surface area contributed by atoms with E-state index in [1.165, 1.54) is 5.56 Å². The molecule has 2 N–H and O–H groups in total. The van der Waals surface area contributed by atoms with E-state index in [-0.39, 0.29) is 11.4 Å². The number of aryl methyl sites for hydroxylation is 3. The Morgan fingerprint density at radius 1 is 1.03 bits per heavy atom. The van der Waals surface area contributed by atoms with E-state index >= 15 is 4.39 Å². The lowest BCUT2D eigenvalue weighted by molar-refractivity contribution is 0.0696. The third kappa shape index (κ3) is 3.32. The predicted octanol–water partition coefficient (Wildman–Crippen LogP) is 6.78. The van der Waals surface area contributed by atoms with Crippen LogP contribution in [0, 0.1) is 5.82 Å². The van der Waals surface area contributed by atoms with E-state index in [4.69, 9.17) is 0 Å². The zero-order valence-electron chi connectivity index (χ0n) is 17.5. The van der Waals surface area contributed by atoms with Gasteiger partial charge in [-0.2, -0.15) is 0 Å². The summed E-state index contributed by atoms with van der Waals surface area (Å²) in [5, 5.41) is 10.2. The first-order chi connectivity index (χ1) is 15.1. The fourth-order valence-electron chi connectivity index (χ4n) is 4.67. The Balaban J connectivity index is 1.57. The number of halogens is 1. The quantitative estimate of drug-likeness (QED) is 0.379. The minimum Gasteiger partial charge on any atom is -0.478 e. The Morgan fingerprint density at radius 2 is 1.81 bits per heavy atom. The van der Waals surface area contributed by atoms with Gasteiger partial charge in [-0.15, -0.1) is 0 Å². The molecular formula is C27H24FNO2. The lowest BCUT2D eigenvalue weighted by Crippen LogP contribution is -2.05. The first-order valence-corrected chi connectivity index (χ1v) is 10.9. The summed E-state index contributed by atoms with van der Waals surface area (Å²) in [6.45, 7) is 2.18. The van der Waals surface area contributed by atoms with Crippen molar-refractivity contribution in [3.63, 3.8) is 0 Å². The van der Waals surface area contributed by atoms with Crippen LogP contribution in [-0.2, 0) is 19.3 Å². The first kappa shape index (κ1) is 19.6. The molecule has 1 aromatic heterocycles. The van der Waals surface area contributed by atoms with Crippen molar-refractivity contribution in [1.82, 2.24) is 4.98 Å². The van der Waals surface area contributed by atoms with Gasteiger partial charge in [-0.1, -0.05) is 55.8 Å². The van der Waals surface area contributed by atoms with E-state index in [1.807, 2.05) is 30.3 Å². The summed E-state index contributed by atoms with van der Waals surface area (Å²) in [5.74, 6) is -1.17. The molecule has 156 valence electrons. The van der Waals surface area contributed by atoms with E-state index < -0.39 is 5.97 Å². The molecule has 0 amide bonds. The van der Waals surface area contributed by atoms with Gasteiger partial charge in [0.05, 0.1) is 16.8 Å². The molecule has 0 fully saturated rings. The van der Waals surface area contributed by atoms with Crippen molar-refractivity contribution >= 4 is 16.9 Å². The average molecular weight is 413 g/mol. The van der Waals surface area contributed by atoms with Gasteiger partial charge in [0.25, 0.3) is 0 Å². The van der Waals surface area contributed by atoms with Crippen LogP contribution in [0.2, 0.25) is 0 Å². The topological polar surface area (TPSA) is 53.1 Å². The number of unbranched alkanes of at least 4 members (excludes halogenated alkanes) is 1. The van der Waals surface area contributed by atoms with Crippen molar-refractivity contribution in [2.45, 2.75) is 39.0 Å². The lowest BCUT2D eigenvalue weighted by atomic mass is 9.88. The van der Waals surface area contributed by atoms with Crippen LogP contribution in [0.15, 0.2) is 54.6 Å². The highest BCUT2D eigenvalue weighted by Gasteiger charge is 2.24. The number of aromatic amines is 1. The molecular weight excluding hydrogens is 389 g/mol. The van der Waals surface area contributed by atoms with Crippen LogP contribution in [0.25, 0.3) is 33.3 Å². The zero-order chi connectivity index (χ0) is 21.5. The maximum absolute atomic E-state index is 15.6. The molecule has 0 saturated heterocycles. The number of H-pyrrole nitrogens is 1. The third-order valence-corrected chi connectivity index (χ3v) is 6.37. The van der Waals surface area contributed by atoms with Crippen LogP contribution in [0.1, 0.15) is 46.8 Å². The Bertz CT molecular complexity index is 1300. The second-order valence-corrected chi connectivity index (χ2v) is 8.31. The Kier molecular flexibility index (Phi) is 4.85. The van der Waals surface area contributed by atoms with Crippen molar-refractivity contribution in [1.29, 1.82) is 0 Å². The van der Waals surface area contributed by atoms with E-state index in [0.717, 1.165) is 65.4 Å². The minimum atomic E-state index is -0.929. The number of aromatic carboxylic acids is 1. The monoisotopic (exact) mass is 413 g/mol. The van der Waals surface area contributed by atoms with E-state index in [1.54, 1.807) is 12.1 Å². The van der Waals surface area contributed by atoms with Gasteiger partial charge in [-0.05, 0) is 60.1 Å². The fourth-order valence-corrected chi connectivity index (χ4v) is 4.67. The van der Waals surface area contributed by atoms with Crippen LogP contribution < -0.4 is 0 Å². The molecule has 5 rings (SSSR count). The van der Waals surface area contributed by atoms with Crippen molar-refractivity contribution in [3.05, 3.63) is 82.7 Å². The van der Waals surface area contributed by atoms with Gasteiger partial charge in [0, 0.05) is 16.5 Å². The summed E-state index contributed by atoms with van der Waals surface area (Å²) in [7, 11) is 0. The van der Waals surface area contributed by atoms with Gasteiger partial charge in [0.15, 0.2) is 5.82 Å². The Labute approximate surface area is 180 Å². The summed E-state index contributed by atoms with van der Waals surface area (Å²) in [6, 6.07) is 17.2. The predicted molar refractivity (Wildman–Crippen MR) is 122 cm³/mol. The number of carboxylic acids is 1. The number of rotatable bonds is 5. The number of carboxylic acid groups (broad SMARTS) is 1. The van der Waals surface area contributed by atoms with Crippen LogP contribution in [0.4, 0.5) is 4.39 Å². The molecule has 31 heavy (non-hydrogen) atoms. The summed E-state index contributed by atoms with van der Waals surface area (Å²) >= 11 is 0. The number of benzene rings is 3. The minimum absolute atomic E-state index is 0.239. The Hall–Kier alpha value is -3.40. The summed E-state index contributed by atoms with van der Waals surface area (Å²) < 4.78 is 15.6. The normalized spacial score (nSPS) is 12.6. The van der Waals surface area contributed by atoms with Gasteiger partial charge in [0.1, 0.15) is 0 Å². The first-order valence-electron chi connectivity index (χ1n) is 10.9. The van der Waals surface area contributed by atoms with Crippen molar-refractivity contribution < 1.29 is 14.3 Å². The molecule has 4 aromatic rings. The second-order valence-electron chi connectivity index (χ2n) is 8.31. The highest BCUT2D eigenvalue weighted by Crippen LogP contribution is 2.40. The molecule has 0 radical (unpaired) electrons. The number of carbonyl (C=O) groups is 1. The second kappa shape index (κ2) is 7.69. The summed E-state index contributed by atoms with van der Waals surface area (Å²) in [4.78, 5) is 14.6. The fraction of sp³-hybridized carbons (Fsp3) is 0.222. The Morgan fingerprint density at radius 3 is 2.55 bits per heavy atom. The van der Waals surface area contributed by atoms with Gasteiger partial charge in [0.2, 0.25) is 0 Å². The van der Waals surface area contributed by atoms with Crippen molar-refractivity contribution in [3.8, 4) is 22.4 Å². The van der Waals surface area contributed by atoms with E-state index in [9.17, 15) is 9.90 Å². The highest BCUT2D eigenvalue weighted by molar-refractivity contribution is 5.96. The zero-order valence-corrected chi connectivity index (χ0v) is 17.5. The molecule has 3 aromatic carbocycles. The van der Waals surface area contributed by atoms with Gasteiger partial charge in [-0.3, -0.25) is 0 Å². The molecule has 0 spiro atoms. The van der Waals surface area contributed by atoms with Gasteiger partial charge < -0.3 is 10.1 Å². The SMILES string of the molecule is CCCCc1ccc(-c2ccc3c4c([nH]c3c2F)-c2ccc(C(=O)O)cc2CC4)cc1. The maximum Gasteiger partial charge on any atom is 0.335 e. The smallest absolute Gasteiger partial charge is 0.335 e. The number of hydrogen-bond acceptors (Lipinski definition) is 1. The molecule has 0 atom stereocenters. The molecule has 0 bridgehead atoms.